The van der Waals surface area contributed by atoms with Crippen LogP contribution in [0.1, 0.15) is 18.9 Å². The predicted molar refractivity (Wildman–Crippen MR) is 43.1 cm³/mol. The van der Waals surface area contributed by atoms with E-state index in [9.17, 15) is 5.11 Å². The van der Waals surface area contributed by atoms with Gasteiger partial charge in [0, 0.05) is 0 Å². The van der Waals surface area contributed by atoms with Gasteiger partial charge in [-0.25, -0.2) is 10.1 Å². The molecule has 1 atom stereocenters. The first kappa shape index (κ1) is 7.31. The monoisotopic (exact) mass is 162 g/mol. The van der Waals surface area contributed by atoms with Gasteiger partial charge in [-0.05, 0) is 19.1 Å². The van der Waals surface area contributed by atoms with Gasteiger partial charge in [0.05, 0.1) is 0 Å². The maximum atomic E-state index is 10.9. The van der Waals surface area contributed by atoms with Crippen LogP contribution in [-0.2, 0) is 5.11 Å². The third kappa shape index (κ3) is 1.08. The lowest BCUT2D eigenvalue weighted by molar-refractivity contribution is 0.0823. The van der Waals surface area contributed by atoms with Crippen LogP contribution in [0.25, 0.3) is 11.1 Å². The van der Waals surface area contributed by atoms with Crippen LogP contribution in [-0.4, -0.2) is 4.98 Å². The number of hydrogen-bond acceptors (Lipinski definition) is 2. The van der Waals surface area contributed by atoms with Crippen molar-refractivity contribution < 1.29 is 9.52 Å². The van der Waals surface area contributed by atoms with Crippen molar-refractivity contribution in [3.63, 3.8) is 0 Å². The quantitative estimate of drug-likeness (QED) is 0.645. The summed E-state index contributed by atoms with van der Waals surface area (Å²) in [5.41, 5.74) is 1.42. The zero-order valence-electron chi connectivity index (χ0n) is 6.65. The highest BCUT2D eigenvalue weighted by atomic mass is 16.4. The number of benzene rings is 1. The fourth-order valence-corrected chi connectivity index (χ4v) is 1.06. The third-order valence-electron chi connectivity index (χ3n) is 1.66. The molecule has 3 nitrogen and oxygen atoms in total. The van der Waals surface area contributed by atoms with Crippen LogP contribution in [0.5, 0.6) is 0 Å². The van der Waals surface area contributed by atoms with Crippen molar-refractivity contribution in [2.24, 2.45) is 0 Å². The highest BCUT2D eigenvalue weighted by Gasteiger charge is 2.10. The highest BCUT2D eigenvalue weighted by molar-refractivity contribution is 5.72. The van der Waals surface area contributed by atoms with E-state index in [1.165, 1.54) is 6.92 Å². The normalized spacial score (nSPS) is 13.5. The Morgan fingerprint density at radius 1 is 1.42 bits per heavy atom. The molecule has 0 amide bonds. The molecule has 12 heavy (non-hydrogen) atoms. The van der Waals surface area contributed by atoms with Crippen molar-refractivity contribution >= 4 is 11.1 Å². The Bertz CT molecular complexity index is 359. The maximum absolute atomic E-state index is 10.9. The second-order valence-electron chi connectivity index (χ2n) is 2.66. The predicted octanol–water partition coefficient (Wildman–Crippen LogP) is 2.32. The van der Waals surface area contributed by atoms with Gasteiger partial charge in [-0.15, -0.1) is 0 Å². The van der Waals surface area contributed by atoms with E-state index in [0.29, 0.717) is 5.58 Å². The molecule has 0 aliphatic rings. The molecule has 1 aromatic heterocycles. The number of oxazole rings is 1. The standard InChI is InChI=1S/C9H8NO2/c1-6(11)9-10-7-4-2-3-5-8(7)12-9/h2-6H,1H3. The van der Waals surface area contributed by atoms with E-state index in [4.69, 9.17) is 4.42 Å². The molecule has 1 unspecified atom stereocenters. The van der Waals surface area contributed by atoms with Gasteiger partial charge < -0.3 is 4.42 Å². The third-order valence-corrected chi connectivity index (χ3v) is 1.66. The van der Waals surface area contributed by atoms with Crippen molar-refractivity contribution in [2.45, 2.75) is 13.0 Å². The number of para-hydroxylation sites is 2. The fourth-order valence-electron chi connectivity index (χ4n) is 1.06. The Hall–Kier alpha value is -1.35. The molecular weight excluding hydrogens is 154 g/mol. The molecule has 3 heteroatoms. The molecule has 0 bridgehead atoms. The van der Waals surface area contributed by atoms with Gasteiger partial charge in [-0.2, -0.15) is 0 Å². The summed E-state index contributed by atoms with van der Waals surface area (Å²) < 4.78 is 5.21. The summed E-state index contributed by atoms with van der Waals surface area (Å²) in [6.07, 6.45) is -0.891. The summed E-state index contributed by atoms with van der Waals surface area (Å²) in [6, 6.07) is 7.34. The van der Waals surface area contributed by atoms with E-state index in [-0.39, 0.29) is 5.89 Å². The van der Waals surface area contributed by atoms with Crippen molar-refractivity contribution in [1.82, 2.24) is 4.98 Å². The first-order valence-electron chi connectivity index (χ1n) is 3.78. The van der Waals surface area contributed by atoms with Gasteiger partial charge in [0.25, 0.3) is 0 Å². The lowest BCUT2D eigenvalue weighted by Gasteiger charge is -1.89. The van der Waals surface area contributed by atoms with Crippen molar-refractivity contribution in [3.05, 3.63) is 30.2 Å². The smallest absolute Gasteiger partial charge is 0.227 e. The molecule has 1 radical (unpaired) electrons. The molecule has 61 valence electrons. The van der Waals surface area contributed by atoms with Crippen LogP contribution in [0.2, 0.25) is 0 Å². The van der Waals surface area contributed by atoms with E-state index in [1.54, 1.807) is 6.07 Å². The summed E-state index contributed by atoms with van der Waals surface area (Å²) in [5, 5.41) is 10.9. The zero-order valence-corrected chi connectivity index (χ0v) is 6.65. The average Bonchev–Trinajstić information content (AvgIpc) is 2.46. The van der Waals surface area contributed by atoms with E-state index in [0.717, 1.165) is 5.52 Å². The van der Waals surface area contributed by atoms with E-state index in [2.05, 4.69) is 4.98 Å². The number of nitrogens with zero attached hydrogens (tertiary/aromatic N) is 1. The van der Waals surface area contributed by atoms with E-state index < -0.39 is 6.10 Å². The summed E-state index contributed by atoms with van der Waals surface area (Å²) >= 11 is 0. The SMILES string of the molecule is CC([O])c1nc2ccccc2o1. The molecule has 2 rings (SSSR count). The van der Waals surface area contributed by atoms with Gasteiger partial charge in [0.2, 0.25) is 5.89 Å². The minimum absolute atomic E-state index is 0.260. The van der Waals surface area contributed by atoms with Crippen LogP contribution in [0.3, 0.4) is 0 Å². The largest absolute Gasteiger partial charge is 0.438 e. The van der Waals surface area contributed by atoms with Crippen molar-refractivity contribution in [2.75, 3.05) is 0 Å². The molecular formula is C9H8NO2. The van der Waals surface area contributed by atoms with Gasteiger partial charge in [-0.3, -0.25) is 0 Å². The van der Waals surface area contributed by atoms with Crippen LogP contribution >= 0.6 is 0 Å². The number of fused-ring (bicyclic) bond motifs is 1. The van der Waals surface area contributed by atoms with Gasteiger partial charge in [-0.1, -0.05) is 12.1 Å². The fraction of sp³-hybridized carbons (Fsp3) is 0.222. The van der Waals surface area contributed by atoms with E-state index >= 15 is 0 Å². The highest BCUT2D eigenvalue weighted by Crippen LogP contribution is 2.19. The Morgan fingerprint density at radius 2 is 2.17 bits per heavy atom. The summed E-state index contributed by atoms with van der Waals surface area (Å²) in [4.78, 5) is 4.03. The number of rotatable bonds is 1. The molecule has 1 heterocycles. The molecule has 1 aromatic carbocycles. The number of hydrogen-bond donors (Lipinski definition) is 0. The molecule has 0 aliphatic carbocycles. The summed E-state index contributed by atoms with van der Waals surface area (Å²) in [6.45, 7) is 1.52. The van der Waals surface area contributed by atoms with Gasteiger partial charge in [0.1, 0.15) is 5.52 Å². The second kappa shape index (κ2) is 2.60. The van der Waals surface area contributed by atoms with Crippen molar-refractivity contribution in [1.29, 1.82) is 0 Å². The lowest BCUT2D eigenvalue weighted by atomic mass is 10.3. The van der Waals surface area contributed by atoms with Gasteiger partial charge in [0.15, 0.2) is 11.7 Å². The molecule has 2 aromatic rings. The van der Waals surface area contributed by atoms with E-state index in [1.807, 2.05) is 18.2 Å². The Kier molecular flexibility index (Phi) is 1.59. The lowest BCUT2D eigenvalue weighted by Crippen LogP contribution is -1.86. The molecule has 0 aliphatic heterocycles. The molecule has 0 spiro atoms. The minimum atomic E-state index is -0.891. The van der Waals surface area contributed by atoms with Crippen LogP contribution < -0.4 is 0 Å². The van der Waals surface area contributed by atoms with Crippen molar-refractivity contribution in [3.8, 4) is 0 Å². The van der Waals surface area contributed by atoms with Crippen LogP contribution in [0.15, 0.2) is 28.7 Å². The van der Waals surface area contributed by atoms with Crippen LogP contribution in [0, 0.1) is 0 Å². The van der Waals surface area contributed by atoms with Gasteiger partial charge >= 0.3 is 0 Å². The Morgan fingerprint density at radius 3 is 2.83 bits per heavy atom. The average molecular weight is 162 g/mol. The summed E-state index contributed by atoms with van der Waals surface area (Å²) in [5.74, 6) is 0.260. The zero-order chi connectivity index (χ0) is 8.55. The minimum Gasteiger partial charge on any atom is -0.438 e. The molecule has 0 saturated carbocycles. The molecule has 0 saturated heterocycles. The first-order valence-corrected chi connectivity index (χ1v) is 3.78. The first-order chi connectivity index (χ1) is 5.77. The Balaban J connectivity index is 2.62. The molecule has 0 N–H and O–H groups in total. The number of aromatic nitrogens is 1. The maximum Gasteiger partial charge on any atom is 0.227 e. The second-order valence-corrected chi connectivity index (χ2v) is 2.66. The Labute approximate surface area is 69.7 Å². The van der Waals surface area contributed by atoms with Crippen LogP contribution in [0.4, 0.5) is 0 Å². The summed E-state index contributed by atoms with van der Waals surface area (Å²) in [7, 11) is 0. The molecule has 0 fully saturated rings. The topological polar surface area (TPSA) is 45.9 Å².